The van der Waals surface area contributed by atoms with Gasteiger partial charge in [-0.3, -0.25) is 4.90 Å². The fraction of sp³-hybridized carbons (Fsp3) is 0.600. The maximum absolute atomic E-state index is 13.7. The lowest BCUT2D eigenvalue weighted by Crippen LogP contribution is -2.45. The Bertz CT molecular complexity index is 440. The molecule has 1 fully saturated rings. The number of aryl methyl sites for hydroxylation is 1. The standard InChI is InChI=1S/C15H23FN2O.2ClH/c1-3-4-14(18-7-5-17-6-8-18)12-9-11(2)10-13(16)15(12)19;;/h9-10,14,17,19H,3-8H2,1-2H3;2*1H/t14-;;/m1../s1. The summed E-state index contributed by atoms with van der Waals surface area (Å²) in [5.41, 5.74) is 1.60. The quantitative estimate of drug-likeness (QED) is 0.882. The molecule has 0 unspecified atom stereocenters. The lowest BCUT2D eigenvalue weighted by atomic mass is 9.97. The van der Waals surface area contributed by atoms with Gasteiger partial charge < -0.3 is 10.4 Å². The Kier molecular flexibility index (Phi) is 9.22. The molecule has 0 aliphatic carbocycles. The zero-order valence-electron chi connectivity index (χ0n) is 12.6. The van der Waals surface area contributed by atoms with Crippen LogP contribution < -0.4 is 5.32 Å². The van der Waals surface area contributed by atoms with Crippen LogP contribution in [-0.2, 0) is 0 Å². The summed E-state index contributed by atoms with van der Waals surface area (Å²) in [4.78, 5) is 2.34. The highest BCUT2D eigenvalue weighted by Gasteiger charge is 2.25. The predicted molar refractivity (Wildman–Crippen MR) is 89.4 cm³/mol. The van der Waals surface area contributed by atoms with Crippen molar-refractivity contribution in [2.24, 2.45) is 0 Å². The van der Waals surface area contributed by atoms with E-state index in [0.29, 0.717) is 0 Å². The molecule has 0 bridgehead atoms. The Hall–Kier alpha value is -0.550. The average Bonchev–Trinajstić information content (AvgIpc) is 2.41. The van der Waals surface area contributed by atoms with Gasteiger partial charge in [0.05, 0.1) is 0 Å². The predicted octanol–water partition coefficient (Wildman–Crippen LogP) is 3.43. The first-order chi connectivity index (χ1) is 9.13. The van der Waals surface area contributed by atoms with E-state index in [4.69, 9.17) is 0 Å². The lowest BCUT2D eigenvalue weighted by Gasteiger charge is -2.35. The monoisotopic (exact) mass is 338 g/mol. The van der Waals surface area contributed by atoms with E-state index in [1.165, 1.54) is 6.07 Å². The third-order valence-corrected chi connectivity index (χ3v) is 3.75. The van der Waals surface area contributed by atoms with Gasteiger partial charge in [0.2, 0.25) is 0 Å². The van der Waals surface area contributed by atoms with Crippen molar-refractivity contribution in [1.82, 2.24) is 10.2 Å². The topological polar surface area (TPSA) is 35.5 Å². The zero-order chi connectivity index (χ0) is 13.8. The summed E-state index contributed by atoms with van der Waals surface area (Å²) in [6.07, 6.45) is 1.96. The number of halogens is 3. The largest absolute Gasteiger partial charge is 0.505 e. The van der Waals surface area contributed by atoms with Crippen LogP contribution in [0.1, 0.15) is 36.9 Å². The first kappa shape index (κ1) is 20.5. The molecule has 1 aliphatic rings. The van der Waals surface area contributed by atoms with E-state index in [1.807, 2.05) is 13.0 Å². The highest BCUT2D eigenvalue weighted by Crippen LogP contribution is 2.34. The molecular weight excluding hydrogens is 314 g/mol. The zero-order valence-corrected chi connectivity index (χ0v) is 14.2. The maximum atomic E-state index is 13.7. The molecule has 0 spiro atoms. The third-order valence-electron chi connectivity index (χ3n) is 3.75. The van der Waals surface area contributed by atoms with E-state index in [9.17, 15) is 9.50 Å². The van der Waals surface area contributed by atoms with Crippen LogP contribution in [0.5, 0.6) is 5.75 Å². The van der Waals surface area contributed by atoms with Crippen molar-refractivity contribution in [2.45, 2.75) is 32.7 Å². The van der Waals surface area contributed by atoms with Crippen LogP contribution in [0, 0.1) is 12.7 Å². The Morgan fingerprint density at radius 3 is 2.48 bits per heavy atom. The van der Waals surface area contributed by atoms with Crippen molar-refractivity contribution < 1.29 is 9.50 Å². The van der Waals surface area contributed by atoms with Crippen molar-refractivity contribution in [3.05, 3.63) is 29.1 Å². The molecular formula is C15H25Cl2FN2O. The minimum Gasteiger partial charge on any atom is -0.505 e. The molecule has 6 heteroatoms. The summed E-state index contributed by atoms with van der Waals surface area (Å²) in [7, 11) is 0. The van der Waals surface area contributed by atoms with Crippen molar-refractivity contribution in [3.8, 4) is 5.75 Å². The number of hydrogen-bond donors (Lipinski definition) is 2. The molecule has 2 N–H and O–H groups in total. The van der Waals surface area contributed by atoms with Crippen LogP contribution >= 0.6 is 24.8 Å². The number of benzene rings is 1. The summed E-state index contributed by atoms with van der Waals surface area (Å²) in [5.74, 6) is -0.686. The minimum absolute atomic E-state index is 0. The SMILES string of the molecule is CCC[C@H](c1cc(C)cc(F)c1O)N1CCNCC1.Cl.Cl. The Morgan fingerprint density at radius 2 is 1.90 bits per heavy atom. The molecule has 0 aromatic heterocycles. The molecule has 3 nitrogen and oxygen atoms in total. The number of phenols is 1. The Labute approximate surface area is 138 Å². The average molecular weight is 339 g/mol. The van der Waals surface area contributed by atoms with Crippen LogP contribution in [0.15, 0.2) is 12.1 Å². The van der Waals surface area contributed by atoms with E-state index in [0.717, 1.165) is 50.1 Å². The first-order valence-electron chi connectivity index (χ1n) is 7.07. The maximum Gasteiger partial charge on any atom is 0.165 e. The van der Waals surface area contributed by atoms with Gasteiger partial charge >= 0.3 is 0 Å². The second-order valence-electron chi connectivity index (χ2n) is 5.28. The van der Waals surface area contributed by atoms with Gasteiger partial charge in [0.1, 0.15) is 0 Å². The molecule has 122 valence electrons. The molecule has 1 aromatic carbocycles. The first-order valence-corrected chi connectivity index (χ1v) is 7.07. The highest BCUT2D eigenvalue weighted by molar-refractivity contribution is 5.85. The molecule has 1 aromatic rings. The number of rotatable bonds is 4. The summed E-state index contributed by atoms with van der Waals surface area (Å²) in [5, 5.41) is 13.4. The van der Waals surface area contributed by atoms with Crippen molar-refractivity contribution in [2.75, 3.05) is 26.2 Å². The van der Waals surface area contributed by atoms with Gasteiger partial charge in [-0.1, -0.05) is 19.4 Å². The van der Waals surface area contributed by atoms with E-state index in [2.05, 4.69) is 17.1 Å². The van der Waals surface area contributed by atoms with Gasteiger partial charge in [-0.25, -0.2) is 4.39 Å². The number of aromatic hydroxyl groups is 1. The number of phenolic OH excluding ortho intramolecular Hbond substituents is 1. The van der Waals surface area contributed by atoms with Crippen LogP contribution in [0.2, 0.25) is 0 Å². The highest BCUT2D eigenvalue weighted by atomic mass is 35.5. The Balaban J connectivity index is 0.00000200. The van der Waals surface area contributed by atoms with E-state index in [1.54, 1.807) is 0 Å². The molecule has 1 saturated heterocycles. The van der Waals surface area contributed by atoms with Gasteiger partial charge in [-0.05, 0) is 25.0 Å². The van der Waals surface area contributed by atoms with Crippen LogP contribution in [0.25, 0.3) is 0 Å². The fourth-order valence-electron chi connectivity index (χ4n) is 2.82. The van der Waals surface area contributed by atoms with Gasteiger partial charge in [0.15, 0.2) is 11.6 Å². The van der Waals surface area contributed by atoms with Crippen molar-refractivity contribution >= 4 is 24.8 Å². The molecule has 2 rings (SSSR count). The minimum atomic E-state index is -0.508. The Morgan fingerprint density at radius 1 is 1.29 bits per heavy atom. The summed E-state index contributed by atoms with van der Waals surface area (Å²) < 4.78 is 13.7. The molecule has 0 saturated carbocycles. The molecule has 1 aliphatic heterocycles. The summed E-state index contributed by atoms with van der Waals surface area (Å²) in [6.45, 7) is 7.79. The summed E-state index contributed by atoms with van der Waals surface area (Å²) in [6, 6.07) is 3.42. The van der Waals surface area contributed by atoms with Crippen LogP contribution in [0.3, 0.4) is 0 Å². The number of nitrogens with zero attached hydrogens (tertiary/aromatic N) is 1. The van der Waals surface area contributed by atoms with Gasteiger partial charge in [-0.15, -0.1) is 24.8 Å². The van der Waals surface area contributed by atoms with E-state index >= 15 is 0 Å². The van der Waals surface area contributed by atoms with Gasteiger partial charge in [0, 0.05) is 37.8 Å². The van der Waals surface area contributed by atoms with E-state index < -0.39 is 5.82 Å². The van der Waals surface area contributed by atoms with Crippen molar-refractivity contribution in [3.63, 3.8) is 0 Å². The molecule has 1 heterocycles. The van der Waals surface area contributed by atoms with Gasteiger partial charge in [0.25, 0.3) is 0 Å². The number of piperazine rings is 1. The van der Waals surface area contributed by atoms with Gasteiger partial charge in [-0.2, -0.15) is 0 Å². The fourth-order valence-corrected chi connectivity index (χ4v) is 2.82. The second kappa shape index (κ2) is 9.46. The van der Waals surface area contributed by atoms with Crippen LogP contribution in [0.4, 0.5) is 4.39 Å². The molecule has 1 atom stereocenters. The molecule has 21 heavy (non-hydrogen) atoms. The van der Waals surface area contributed by atoms with Crippen LogP contribution in [-0.4, -0.2) is 36.2 Å². The molecule has 0 radical (unpaired) electrons. The second-order valence-corrected chi connectivity index (χ2v) is 5.28. The third kappa shape index (κ3) is 4.99. The van der Waals surface area contributed by atoms with E-state index in [-0.39, 0.29) is 36.6 Å². The lowest BCUT2D eigenvalue weighted by molar-refractivity contribution is 0.161. The molecule has 0 amide bonds. The summed E-state index contributed by atoms with van der Waals surface area (Å²) >= 11 is 0. The number of nitrogens with one attached hydrogen (secondary N) is 1. The normalized spacial score (nSPS) is 16.7. The smallest absolute Gasteiger partial charge is 0.165 e. The van der Waals surface area contributed by atoms with Crippen molar-refractivity contribution in [1.29, 1.82) is 0 Å². The number of hydrogen-bond acceptors (Lipinski definition) is 3.